The highest BCUT2D eigenvalue weighted by atomic mass is 19.1. The standard InChI is InChI=1S/C20H17FO3/c1-2-23-20(22)16-11-15(16)12-7-8-14(17(21)9-12)19-10-13-5-3-4-6-18(13)24-19/h3-10,15-16H,2,11H2,1H3. The maximum atomic E-state index is 14.6. The van der Waals surface area contributed by atoms with Gasteiger partial charge in [0.2, 0.25) is 0 Å². The molecule has 3 nitrogen and oxygen atoms in total. The molecule has 2 aromatic carbocycles. The third-order valence-electron chi connectivity index (χ3n) is 4.49. The molecule has 1 aliphatic rings. The molecule has 1 fully saturated rings. The monoisotopic (exact) mass is 324 g/mol. The number of hydrogen-bond acceptors (Lipinski definition) is 3. The lowest BCUT2D eigenvalue weighted by atomic mass is 10.0. The molecule has 3 aromatic rings. The van der Waals surface area contributed by atoms with Crippen LogP contribution in [0.1, 0.15) is 24.8 Å². The van der Waals surface area contributed by atoms with E-state index in [1.54, 1.807) is 13.0 Å². The van der Waals surface area contributed by atoms with E-state index in [0.29, 0.717) is 17.9 Å². The van der Waals surface area contributed by atoms with Gasteiger partial charge in [0.25, 0.3) is 0 Å². The quantitative estimate of drug-likeness (QED) is 0.640. The summed E-state index contributed by atoms with van der Waals surface area (Å²) in [4.78, 5) is 11.7. The van der Waals surface area contributed by atoms with Crippen LogP contribution in [0, 0.1) is 11.7 Å². The van der Waals surface area contributed by atoms with Crippen molar-refractivity contribution in [3.05, 3.63) is 59.9 Å². The van der Waals surface area contributed by atoms with E-state index in [9.17, 15) is 9.18 Å². The molecule has 0 aliphatic heterocycles. The van der Waals surface area contributed by atoms with Gasteiger partial charge in [-0.2, -0.15) is 0 Å². The molecule has 2 atom stereocenters. The molecule has 1 saturated carbocycles. The van der Waals surface area contributed by atoms with Crippen LogP contribution < -0.4 is 0 Å². The molecule has 0 spiro atoms. The fourth-order valence-corrected chi connectivity index (χ4v) is 3.15. The van der Waals surface area contributed by atoms with E-state index in [1.807, 2.05) is 36.4 Å². The van der Waals surface area contributed by atoms with E-state index >= 15 is 0 Å². The van der Waals surface area contributed by atoms with Crippen LogP contribution in [0.5, 0.6) is 0 Å². The lowest BCUT2D eigenvalue weighted by Gasteiger charge is -2.04. The van der Waals surface area contributed by atoms with Crippen molar-refractivity contribution < 1.29 is 18.3 Å². The fourth-order valence-electron chi connectivity index (χ4n) is 3.15. The molecule has 1 aromatic heterocycles. The zero-order chi connectivity index (χ0) is 16.7. The predicted molar refractivity (Wildman–Crippen MR) is 89.1 cm³/mol. The zero-order valence-corrected chi connectivity index (χ0v) is 13.3. The minimum atomic E-state index is -0.332. The topological polar surface area (TPSA) is 39.4 Å². The maximum absolute atomic E-state index is 14.6. The summed E-state index contributed by atoms with van der Waals surface area (Å²) in [6, 6.07) is 14.5. The molecule has 0 N–H and O–H groups in total. The molecule has 1 heterocycles. The van der Waals surface area contributed by atoms with E-state index < -0.39 is 0 Å². The Bertz CT molecular complexity index is 879. The van der Waals surface area contributed by atoms with Crippen LogP contribution in [0.4, 0.5) is 4.39 Å². The Morgan fingerprint density at radius 3 is 2.83 bits per heavy atom. The second-order valence-corrected chi connectivity index (χ2v) is 6.09. The van der Waals surface area contributed by atoms with E-state index in [1.165, 1.54) is 6.07 Å². The Labute approximate surface area is 139 Å². The molecule has 0 radical (unpaired) electrons. The fraction of sp³-hybridized carbons (Fsp3) is 0.250. The number of carbonyl (C=O) groups excluding carboxylic acids is 1. The third kappa shape index (κ3) is 2.58. The molecular formula is C20H17FO3. The molecule has 0 saturated heterocycles. The number of carbonyl (C=O) groups is 1. The van der Waals surface area contributed by atoms with Crippen LogP contribution in [0.2, 0.25) is 0 Å². The molecule has 4 rings (SSSR count). The number of benzene rings is 2. The number of ether oxygens (including phenoxy) is 1. The van der Waals surface area contributed by atoms with Crippen molar-refractivity contribution in [1.29, 1.82) is 0 Å². The highest BCUT2D eigenvalue weighted by molar-refractivity contribution is 5.83. The minimum absolute atomic E-state index is 0.0586. The first-order valence-corrected chi connectivity index (χ1v) is 8.12. The van der Waals surface area contributed by atoms with Gasteiger partial charge in [-0.3, -0.25) is 4.79 Å². The molecule has 0 bridgehead atoms. The SMILES string of the molecule is CCOC(=O)C1CC1c1ccc(-c2cc3ccccc3o2)c(F)c1. The Kier molecular flexibility index (Phi) is 3.60. The van der Waals surface area contributed by atoms with Crippen LogP contribution in [-0.4, -0.2) is 12.6 Å². The maximum Gasteiger partial charge on any atom is 0.309 e. The Morgan fingerprint density at radius 1 is 1.25 bits per heavy atom. The summed E-state index contributed by atoms with van der Waals surface area (Å²) in [5, 5.41) is 0.945. The Morgan fingerprint density at radius 2 is 2.08 bits per heavy atom. The largest absolute Gasteiger partial charge is 0.466 e. The van der Waals surface area contributed by atoms with Gasteiger partial charge in [-0.05, 0) is 49.1 Å². The van der Waals surface area contributed by atoms with Gasteiger partial charge in [0.15, 0.2) is 0 Å². The summed E-state index contributed by atoms with van der Waals surface area (Å²) in [6.45, 7) is 2.17. The van der Waals surface area contributed by atoms with Crippen LogP contribution >= 0.6 is 0 Å². The lowest BCUT2D eigenvalue weighted by Crippen LogP contribution is -2.07. The van der Waals surface area contributed by atoms with Crippen molar-refractivity contribution in [2.24, 2.45) is 5.92 Å². The van der Waals surface area contributed by atoms with E-state index in [2.05, 4.69) is 0 Å². The second kappa shape index (κ2) is 5.78. The first-order chi connectivity index (χ1) is 11.7. The number of para-hydroxylation sites is 1. The van der Waals surface area contributed by atoms with Crippen LogP contribution in [0.3, 0.4) is 0 Å². The second-order valence-electron chi connectivity index (χ2n) is 6.09. The van der Waals surface area contributed by atoms with E-state index in [0.717, 1.165) is 23.0 Å². The summed E-state index contributed by atoms with van der Waals surface area (Å²) in [7, 11) is 0. The number of halogens is 1. The number of hydrogen-bond donors (Lipinski definition) is 0. The molecule has 24 heavy (non-hydrogen) atoms. The lowest BCUT2D eigenvalue weighted by molar-refractivity contribution is -0.144. The minimum Gasteiger partial charge on any atom is -0.466 e. The Hall–Kier alpha value is -2.62. The van der Waals surface area contributed by atoms with E-state index in [4.69, 9.17) is 9.15 Å². The summed E-state index contributed by atoms with van der Waals surface area (Å²) in [6.07, 6.45) is 0.724. The number of esters is 1. The zero-order valence-electron chi connectivity index (χ0n) is 13.3. The summed E-state index contributed by atoms with van der Waals surface area (Å²) in [5.41, 5.74) is 2.01. The molecule has 1 aliphatic carbocycles. The predicted octanol–water partition coefficient (Wildman–Crippen LogP) is 4.91. The summed E-state index contributed by atoms with van der Waals surface area (Å²) >= 11 is 0. The summed E-state index contributed by atoms with van der Waals surface area (Å²) in [5.74, 6) is -0.0898. The molecule has 0 amide bonds. The number of furan rings is 1. The smallest absolute Gasteiger partial charge is 0.309 e. The van der Waals surface area contributed by atoms with Crippen LogP contribution in [0.25, 0.3) is 22.3 Å². The number of rotatable bonds is 4. The number of fused-ring (bicyclic) bond motifs is 1. The molecule has 4 heteroatoms. The van der Waals surface area contributed by atoms with Crippen LogP contribution in [0.15, 0.2) is 52.9 Å². The van der Waals surface area contributed by atoms with Gasteiger partial charge in [0.1, 0.15) is 17.2 Å². The average Bonchev–Trinajstić information content (AvgIpc) is 3.27. The molecule has 122 valence electrons. The van der Waals surface area contributed by atoms with Crippen molar-refractivity contribution in [1.82, 2.24) is 0 Å². The first-order valence-electron chi connectivity index (χ1n) is 8.12. The van der Waals surface area contributed by atoms with Gasteiger partial charge < -0.3 is 9.15 Å². The highest BCUT2D eigenvalue weighted by Gasteiger charge is 2.45. The van der Waals surface area contributed by atoms with Gasteiger partial charge in [-0.25, -0.2) is 4.39 Å². The van der Waals surface area contributed by atoms with Crippen molar-refractivity contribution in [2.75, 3.05) is 6.61 Å². The van der Waals surface area contributed by atoms with Gasteiger partial charge >= 0.3 is 5.97 Å². The highest BCUT2D eigenvalue weighted by Crippen LogP contribution is 2.48. The van der Waals surface area contributed by atoms with Crippen LogP contribution in [-0.2, 0) is 9.53 Å². The van der Waals surface area contributed by atoms with Gasteiger partial charge in [-0.1, -0.05) is 24.3 Å². The summed E-state index contributed by atoms with van der Waals surface area (Å²) < 4.78 is 25.3. The molecule has 2 unspecified atom stereocenters. The van der Waals surface area contributed by atoms with Crippen molar-refractivity contribution >= 4 is 16.9 Å². The normalized spacial score (nSPS) is 19.4. The van der Waals surface area contributed by atoms with Crippen molar-refractivity contribution in [3.63, 3.8) is 0 Å². The van der Waals surface area contributed by atoms with E-state index in [-0.39, 0.29) is 23.6 Å². The van der Waals surface area contributed by atoms with Gasteiger partial charge in [0, 0.05) is 5.39 Å². The first kappa shape index (κ1) is 14.9. The van der Waals surface area contributed by atoms with Crippen molar-refractivity contribution in [2.45, 2.75) is 19.3 Å². The molecular weight excluding hydrogens is 307 g/mol. The third-order valence-corrected chi connectivity index (χ3v) is 4.49. The van der Waals surface area contributed by atoms with Gasteiger partial charge in [0.05, 0.1) is 18.1 Å². The van der Waals surface area contributed by atoms with Gasteiger partial charge in [-0.15, -0.1) is 0 Å². The van der Waals surface area contributed by atoms with Crippen molar-refractivity contribution in [3.8, 4) is 11.3 Å². The average molecular weight is 324 g/mol. The Balaban J connectivity index is 1.60.